The number of carbonyl (C=O) groups is 2. The van der Waals surface area contributed by atoms with Crippen molar-refractivity contribution in [2.45, 2.75) is 6.04 Å². The molecule has 5 rings (SSSR count). The smallest absolute Gasteiger partial charge is 0.300 e. The number of benzene rings is 2. The minimum Gasteiger partial charge on any atom is -0.507 e. The molecule has 1 atom stereocenters. The van der Waals surface area contributed by atoms with Crippen molar-refractivity contribution in [1.82, 2.24) is 4.98 Å². The number of nitrogens with zero attached hydrogens (tertiary/aromatic N) is 3. The second kappa shape index (κ2) is 8.26. The Morgan fingerprint density at radius 1 is 1.12 bits per heavy atom. The molecule has 3 heterocycles. The largest absolute Gasteiger partial charge is 0.507 e. The van der Waals surface area contributed by atoms with Crippen molar-refractivity contribution in [1.29, 1.82) is 0 Å². The van der Waals surface area contributed by atoms with Crippen LogP contribution in [0.2, 0.25) is 0 Å². The quantitative estimate of drug-likeness (QED) is 0.361. The highest BCUT2D eigenvalue weighted by molar-refractivity contribution is 6.51. The molecule has 1 amide bonds. The van der Waals surface area contributed by atoms with Crippen molar-refractivity contribution in [3.8, 4) is 5.75 Å². The van der Waals surface area contributed by atoms with Gasteiger partial charge in [0.2, 0.25) is 0 Å². The summed E-state index contributed by atoms with van der Waals surface area (Å²) >= 11 is 0. The van der Waals surface area contributed by atoms with Gasteiger partial charge in [-0.05, 0) is 42.0 Å². The van der Waals surface area contributed by atoms with Gasteiger partial charge in [-0.1, -0.05) is 6.07 Å². The van der Waals surface area contributed by atoms with Crippen molar-refractivity contribution < 1.29 is 28.2 Å². The van der Waals surface area contributed by atoms with E-state index in [-0.39, 0.29) is 11.3 Å². The van der Waals surface area contributed by atoms with Crippen LogP contribution in [-0.2, 0) is 9.59 Å². The Balaban J connectivity index is 1.71. The van der Waals surface area contributed by atoms with E-state index in [1.807, 2.05) is 11.9 Å². The summed E-state index contributed by atoms with van der Waals surface area (Å²) in [5.74, 6) is -3.65. The summed E-state index contributed by atoms with van der Waals surface area (Å²) in [6.45, 7) is 1.16. The van der Waals surface area contributed by atoms with Gasteiger partial charge in [0.15, 0.2) is 0 Å². The second-order valence-electron chi connectivity index (χ2n) is 8.00. The Hall–Kier alpha value is -4.27. The minimum atomic E-state index is -1.17. The lowest BCUT2D eigenvalue weighted by molar-refractivity contribution is -0.132. The fourth-order valence-electron chi connectivity index (χ4n) is 4.26. The number of hydrogen-bond acceptors (Lipinski definition) is 6. The van der Waals surface area contributed by atoms with E-state index in [1.54, 1.807) is 30.3 Å². The lowest BCUT2D eigenvalue weighted by Crippen LogP contribution is -2.30. The summed E-state index contributed by atoms with van der Waals surface area (Å²) in [7, 11) is 1.87. The van der Waals surface area contributed by atoms with Gasteiger partial charge < -0.3 is 14.7 Å². The summed E-state index contributed by atoms with van der Waals surface area (Å²) < 4.78 is 33.9. The number of amides is 1. The van der Waals surface area contributed by atoms with Crippen LogP contribution in [-0.4, -0.2) is 42.0 Å². The van der Waals surface area contributed by atoms with Crippen LogP contribution < -0.4 is 14.5 Å². The van der Waals surface area contributed by atoms with Crippen LogP contribution in [0.5, 0.6) is 5.75 Å². The molecule has 2 aliphatic heterocycles. The minimum absolute atomic E-state index is 0.221. The van der Waals surface area contributed by atoms with Gasteiger partial charge in [-0.3, -0.25) is 19.5 Å². The molecule has 172 valence electrons. The van der Waals surface area contributed by atoms with E-state index in [9.17, 15) is 23.5 Å². The number of aromatic nitrogens is 1. The molecule has 34 heavy (non-hydrogen) atoms. The number of halogens is 2. The lowest BCUT2D eigenvalue weighted by atomic mass is 9.95. The van der Waals surface area contributed by atoms with Crippen LogP contribution in [0.3, 0.4) is 0 Å². The first-order valence-corrected chi connectivity index (χ1v) is 10.5. The van der Waals surface area contributed by atoms with E-state index in [1.165, 1.54) is 12.4 Å². The number of ketones is 1. The van der Waals surface area contributed by atoms with Crippen molar-refractivity contribution in [2.24, 2.45) is 0 Å². The normalized spacial score (nSPS) is 19.2. The highest BCUT2D eigenvalue weighted by Crippen LogP contribution is 2.43. The third-order valence-corrected chi connectivity index (χ3v) is 5.94. The Bertz CT molecular complexity index is 1340. The monoisotopic (exact) mass is 463 g/mol. The van der Waals surface area contributed by atoms with Gasteiger partial charge in [-0.25, -0.2) is 8.78 Å². The number of Topliss-reactive ketones (excluding diaryl/α,β-unsaturated/α-hetero) is 1. The average Bonchev–Trinajstić information content (AvgIpc) is 3.10. The van der Waals surface area contributed by atoms with Crippen LogP contribution in [0, 0.1) is 11.6 Å². The van der Waals surface area contributed by atoms with E-state index >= 15 is 0 Å². The van der Waals surface area contributed by atoms with Crippen molar-refractivity contribution in [2.75, 3.05) is 30.0 Å². The van der Waals surface area contributed by atoms with Crippen molar-refractivity contribution >= 4 is 28.8 Å². The number of aliphatic hydroxyl groups is 1. The molecule has 2 aliphatic rings. The zero-order chi connectivity index (χ0) is 24.0. The molecule has 9 heteroatoms. The zero-order valence-electron chi connectivity index (χ0n) is 18.0. The summed E-state index contributed by atoms with van der Waals surface area (Å²) in [5.41, 5.74) is 0.885. The molecule has 7 nitrogen and oxygen atoms in total. The molecule has 0 aliphatic carbocycles. The number of likely N-dealkylation sites (N-methyl/N-ethyl adjacent to an activating group) is 1. The third kappa shape index (κ3) is 3.45. The van der Waals surface area contributed by atoms with Gasteiger partial charge in [0, 0.05) is 31.1 Å². The van der Waals surface area contributed by atoms with Crippen LogP contribution in [0.1, 0.15) is 17.2 Å². The van der Waals surface area contributed by atoms with Gasteiger partial charge in [0.1, 0.15) is 29.8 Å². The standard InChI is InChI=1S/C25H19F2N3O4/c1-29-9-10-34-20-7-4-14(11-19(20)29)23(31)21-22(15-3-2-8-28-13-15)30(25(33)24(21)32)18-6-5-16(26)12-17(18)27/h2-8,11-13,22,31H,9-10H2,1H3/b23-21-. The number of anilines is 2. The predicted octanol–water partition coefficient (Wildman–Crippen LogP) is 3.81. The Kier molecular flexibility index (Phi) is 5.24. The molecule has 1 unspecified atom stereocenters. The van der Waals surface area contributed by atoms with Crippen LogP contribution in [0.15, 0.2) is 66.5 Å². The molecule has 0 radical (unpaired) electrons. The van der Waals surface area contributed by atoms with E-state index in [0.29, 0.717) is 41.8 Å². The Morgan fingerprint density at radius 2 is 1.94 bits per heavy atom. The molecule has 1 aromatic heterocycles. The Labute approximate surface area is 193 Å². The van der Waals surface area contributed by atoms with Gasteiger partial charge in [0.05, 0.1) is 29.5 Å². The van der Waals surface area contributed by atoms with E-state index in [4.69, 9.17) is 4.74 Å². The van der Waals surface area contributed by atoms with Crippen LogP contribution in [0.4, 0.5) is 20.2 Å². The zero-order valence-corrected chi connectivity index (χ0v) is 18.0. The van der Waals surface area contributed by atoms with Gasteiger partial charge in [-0.15, -0.1) is 0 Å². The molecule has 0 bridgehead atoms. The van der Waals surface area contributed by atoms with Gasteiger partial charge >= 0.3 is 0 Å². The highest BCUT2D eigenvalue weighted by atomic mass is 19.1. The molecular formula is C25H19F2N3O4. The fourth-order valence-corrected chi connectivity index (χ4v) is 4.26. The number of fused-ring (bicyclic) bond motifs is 1. The SMILES string of the molecule is CN1CCOc2ccc(/C(O)=C3/C(=O)C(=O)N(c4ccc(F)cc4F)C3c3cccnc3)cc21. The number of carbonyl (C=O) groups excluding carboxylic acids is 2. The number of ether oxygens (including phenoxy) is 1. The molecule has 1 N–H and O–H groups in total. The summed E-state index contributed by atoms with van der Waals surface area (Å²) in [5, 5.41) is 11.3. The number of hydrogen-bond donors (Lipinski definition) is 1. The van der Waals surface area contributed by atoms with Crippen LogP contribution in [0.25, 0.3) is 5.76 Å². The highest BCUT2D eigenvalue weighted by Gasteiger charge is 2.48. The molecule has 2 aromatic carbocycles. The molecule has 1 saturated heterocycles. The first-order valence-electron chi connectivity index (χ1n) is 10.5. The summed E-state index contributed by atoms with van der Waals surface area (Å²) in [6, 6.07) is 9.68. The molecule has 1 fully saturated rings. The first-order chi connectivity index (χ1) is 16.4. The maximum absolute atomic E-state index is 14.7. The Morgan fingerprint density at radius 3 is 2.68 bits per heavy atom. The lowest BCUT2D eigenvalue weighted by Gasteiger charge is -2.28. The van der Waals surface area contributed by atoms with Gasteiger partial charge in [0.25, 0.3) is 11.7 Å². The van der Waals surface area contributed by atoms with E-state index in [2.05, 4.69) is 4.98 Å². The summed E-state index contributed by atoms with van der Waals surface area (Å²) in [6.07, 6.45) is 2.93. The molecule has 3 aromatic rings. The summed E-state index contributed by atoms with van der Waals surface area (Å²) in [4.78, 5) is 33.2. The third-order valence-electron chi connectivity index (χ3n) is 5.94. The first kappa shape index (κ1) is 21.6. The van der Waals surface area contributed by atoms with Gasteiger partial charge in [-0.2, -0.15) is 0 Å². The molecular weight excluding hydrogens is 444 g/mol. The predicted molar refractivity (Wildman–Crippen MR) is 121 cm³/mol. The fraction of sp³-hybridized carbons (Fsp3) is 0.160. The number of rotatable bonds is 3. The van der Waals surface area contributed by atoms with E-state index in [0.717, 1.165) is 17.0 Å². The van der Waals surface area contributed by atoms with Crippen LogP contribution >= 0.6 is 0 Å². The maximum Gasteiger partial charge on any atom is 0.300 e. The average molecular weight is 463 g/mol. The topological polar surface area (TPSA) is 83.0 Å². The molecule has 0 spiro atoms. The maximum atomic E-state index is 14.7. The van der Waals surface area contributed by atoms with Crippen molar-refractivity contribution in [3.63, 3.8) is 0 Å². The number of aliphatic hydroxyl groups excluding tert-OH is 1. The molecule has 0 saturated carbocycles. The number of pyridine rings is 1. The second-order valence-corrected chi connectivity index (χ2v) is 8.00. The van der Waals surface area contributed by atoms with E-state index < -0.39 is 35.1 Å². The van der Waals surface area contributed by atoms with Crippen molar-refractivity contribution in [3.05, 3.63) is 89.3 Å².